The number of esters is 1. The van der Waals surface area contributed by atoms with Crippen molar-refractivity contribution in [2.24, 2.45) is 5.92 Å². The fraction of sp³-hybridized carbons (Fsp3) is 0.429. The first-order chi connectivity index (χ1) is 15.5. The molecule has 0 spiro atoms. The van der Waals surface area contributed by atoms with E-state index in [1.54, 1.807) is 4.90 Å². The van der Waals surface area contributed by atoms with Gasteiger partial charge in [0.15, 0.2) is 5.69 Å². The van der Waals surface area contributed by atoms with Crippen molar-refractivity contribution in [2.45, 2.75) is 19.6 Å². The molecular formula is C21H24F3N3O6. The number of carboxylic acids is 1. The maximum atomic E-state index is 12.7. The fourth-order valence-electron chi connectivity index (χ4n) is 3.22. The Bertz CT molecular complexity index is 948. The SMILES string of the molecule is COC(=O)c1cc(C(=O)N2CCN(Cc3ccccc3)CC(C)C2)on1.O=C(O)C(F)(F)F. The number of carbonyl (C=O) groups is 3. The van der Waals surface area contributed by atoms with Crippen LogP contribution in [0.15, 0.2) is 40.9 Å². The van der Waals surface area contributed by atoms with Crippen LogP contribution in [0.5, 0.6) is 0 Å². The van der Waals surface area contributed by atoms with Gasteiger partial charge in [-0.25, -0.2) is 9.59 Å². The number of benzene rings is 1. The molecule has 1 aromatic carbocycles. The number of ether oxygens (including phenoxy) is 1. The van der Waals surface area contributed by atoms with Gasteiger partial charge in [0.05, 0.1) is 7.11 Å². The Morgan fingerprint density at radius 1 is 1.18 bits per heavy atom. The lowest BCUT2D eigenvalue weighted by atomic mass is 10.1. The fourth-order valence-corrected chi connectivity index (χ4v) is 3.22. The summed E-state index contributed by atoms with van der Waals surface area (Å²) < 4.78 is 41.4. The Hall–Kier alpha value is -3.41. The van der Waals surface area contributed by atoms with Gasteiger partial charge in [0.25, 0.3) is 5.91 Å². The maximum absolute atomic E-state index is 12.7. The van der Waals surface area contributed by atoms with Crippen molar-refractivity contribution < 1.29 is 41.9 Å². The number of hydrogen-bond donors (Lipinski definition) is 1. The van der Waals surface area contributed by atoms with Gasteiger partial charge in [0.2, 0.25) is 5.76 Å². The first kappa shape index (κ1) is 25.8. The van der Waals surface area contributed by atoms with Crippen molar-refractivity contribution in [3.05, 3.63) is 53.4 Å². The molecule has 0 aliphatic carbocycles. The molecule has 1 unspecified atom stereocenters. The highest BCUT2D eigenvalue weighted by Gasteiger charge is 2.38. The second-order valence-electron chi connectivity index (χ2n) is 7.45. The van der Waals surface area contributed by atoms with E-state index in [9.17, 15) is 22.8 Å². The number of carbonyl (C=O) groups excluding carboxylic acids is 2. The van der Waals surface area contributed by atoms with Crippen LogP contribution in [-0.2, 0) is 16.1 Å². The van der Waals surface area contributed by atoms with E-state index < -0.39 is 18.1 Å². The highest BCUT2D eigenvalue weighted by molar-refractivity contribution is 5.95. The number of methoxy groups -OCH3 is 1. The van der Waals surface area contributed by atoms with E-state index in [1.165, 1.54) is 18.7 Å². The van der Waals surface area contributed by atoms with Crippen molar-refractivity contribution in [1.29, 1.82) is 0 Å². The molecule has 1 fully saturated rings. The molecule has 33 heavy (non-hydrogen) atoms. The number of nitrogens with zero attached hydrogens (tertiary/aromatic N) is 3. The lowest BCUT2D eigenvalue weighted by Gasteiger charge is -2.21. The number of carboxylic acid groups (broad SMARTS) is 1. The molecule has 1 N–H and O–H groups in total. The highest BCUT2D eigenvalue weighted by Crippen LogP contribution is 2.16. The number of hydrogen-bond acceptors (Lipinski definition) is 7. The van der Waals surface area contributed by atoms with Crippen molar-refractivity contribution in [3.8, 4) is 0 Å². The van der Waals surface area contributed by atoms with E-state index in [0.717, 1.165) is 19.6 Å². The molecular weight excluding hydrogens is 447 g/mol. The van der Waals surface area contributed by atoms with Crippen molar-refractivity contribution in [1.82, 2.24) is 15.0 Å². The van der Waals surface area contributed by atoms with E-state index in [0.29, 0.717) is 19.0 Å². The molecule has 1 amide bonds. The first-order valence-corrected chi connectivity index (χ1v) is 9.92. The molecule has 2 heterocycles. The Morgan fingerprint density at radius 2 is 1.82 bits per heavy atom. The van der Waals surface area contributed by atoms with Crippen LogP contribution in [0.25, 0.3) is 0 Å². The molecule has 0 saturated carbocycles. The minimum absolute atomic E-state index is 0.00410. The Balaban J connectivity index is 0.000000479. The van der Waals surface area contributed by atoms with E-state index in [4.69, 9.17) is 14.4 Å². The zero-order valence-electron chi connectivity index (χ0n) is 18.0. The number of aliphatic carboxylic acids is 1. The maximum Gasteiger partial charge on any atom is 0.490 e. The molecule has 2 aromatic rings. The summed E-state index contributed by atoms with van der Waals surface area (Å²) in [4.78, 5) is 37.2. The van der Waals surface area contributed by atoms with Crippen LogP contribution in [0.3, 0.4) is 0 Å². The van der Waals surface area contributed by atoms with Gasteiger partial charge in [-0.05, 0) is 11.5 Å². The topological polar surface area (TPSA) is 113 Å². The summed E-state index contributed by atoms with van der Waals surface area (Å²) in [6, 6.07) is 11.6. The van der Waals surface area contributed by atoms with Crippen LogP contribution in [0.4, 0.5) is 13.2 Å². The Kier molecular flexibility index (Phi) is 8.97. The quantitative estimate of drug-likeness (QED) is 0.678. The van der Waals surface area contributed by atoms with Crippen molar-refractivity contribution in [3.63, 3.8) is 0 Å². The predicted octanol–water partition coefficient (Wildman–Crippen LogP) is 2.69. The van der Waals surface area contributed by atoms with Crippen LogP contribution in [0.1, 0.15) is 33.5 Å². The lowest BCUT2D eigenvalue weighted by Crippen LogP contribution is -2.35. The van der Waals surface area contributed by atoms with Gasteiger partial charge < -0.3 is 19.3 Å². The third kappa shape index (κ3) is 7.90. The summed E-state index contributed by atoms with van der Waals surface area (Å²) in [5.74, 6) is -3.23. The molecule has 3 rings (SSSR count). The van der Waals surface area contributed by atoms with E-state index >= 15 is 0 Å². The summed E-state index contributed by atoms with van der Waals surface area (Å²) >= 11 is 0. The minimum Gasteiger partial charge on any atom is -0.475 e. The van der Waals surface area contributed by atoms with Gasteiger partial charge >= 0.3 is 18.1 Å². The number of rotatable bonds is 4. The van der Waals surface area contributed by atoms with E-state index in [-0.39, 0.29) is 17.4 Å². The molecule has 0 radical (unpaired) electrons. The average Bonchev–Trinajstić information content (AvgIpc) is 3.18. The molecule has 1 aromatic heterocycles. The zero-order chi connectivity index (χ0) is 24.6. The average molecular weight is 471 g/mol. The molecule has 9 nitrogen and oxygen atoms in total. The van der Waals surface area contributed by atoms with Gasteiger partial charge in [0, 0.05) is 38.8 Å². The number of aromatic nitrogens is 1. The minimum atomic E-state index is -5.08. The standard InChI is InChI=1S/C19H23N3O4.C2HF3O2/c1-14-11-21(13-15-6-4-3-5-7-15)8-9-22(12-14)18(23)17-10-16(20-26-17)19(24)25-2;3-2(4,5)1(6)7/h3-7,10,14H,8-9,11-13H2,1-2H3;(H,6,7). The molecule has 1 saturated heterocycles. The lowest BCUT2D eigenvalue weighted by molar-refractivity contribution is -0.192. The summed E-state index contributed by atoms with van der Waals surface area (Å²) in [6.07, 6.45) is -5.08. The highest BCUT2D eigenvalue weighted by atomic mass is 19.4. The summed E-state index contributed by atoms with van der Waals surface area (Å²) in [5, 5.41) is 10.7. The largest absolute Gasteiger partial charge is 0.490 e. The summed E-state index contributed by atoms with van der Waals surface area (Å²) in [6.45, 7) is 5.93. The van der Waals surface area contributed by atoms with Crippen molar-refractivity contribution >= 4 is 17.8 Å². The Labute approximate surface area is 187 Å². The van der Waals surface area contributed by atoms with Gasteiger partial charge in [0.1, 0.15) is 0 Å². The van der Waals surface area contributed by atoms with E-state index in [1.807, 2.05) is 18.2 Å². The number of halogens is 3. The molecule has 180 valence electrons. The molecule has 1 atom stereocenters. The van der Waals surface area contributed by atoms with Crippen molar-refractivity contribution in [2.75, 3.05) is 33.3 Å². The summed E-state index contributed by atoms with van der Waals surface area (Å²) in [7, 11) is 1.26. The molecule has 1 aliphatic rings. The molecule has 1 aliphatic heterocycles. The van der Waals surface area contributed by atoms with Crippen LogP contribution >= 0.6 is 0 Å². The van der Waals surface area contributed by atoms with Gasteiger partial charge in [-0.15, -0.1) is 0 Å². The number of amides is 1. The zero-order valence-corrected chi connectivity index (χ0v) is 18.0. The van der Waals surface area contributed by atoms with Crippen LogP contribution in [0, 0.1) is 5.92 Å². The third-order valence-electron chi connectivity index (χ3n) is 4.68. The van der Waals surface area contributed by atoms with Crippen LogP contribution in [0.2, 0.25) is 0 Å². The Morgan fingerprint density at radius 3 is 2.39 bits per heavy atom. The second-order valence-corrected chi connectivity index (χ2v) is 7.45. The van der Waals surface area contributed by atoms with Crippen LogP contribution < -0.4 is 0 Å². The third-order valence-corrected chi connectivity index (χ3v) is 4.68. The van der Waals surface area contributed by atoms with Gasteiger partial charge in [-0.1, -0.05) is 42.4 Å². The predicted molar refractivity (Wildman–Crippen MR) is 108 cm³/mol. The van der Waals surface area contributed by atoms with Gasteiger partial charge in [-0.3, -0.25) is 9.69 Å². The van der Waals surface area contributed by atoms with Gasteiger partial charge in [-0.2, -0.15) is 13.2 Å². The number of alkyl halides is 3. The van der Waals surface area contributed by atoms with E-state index in [2.05, 4.69) is 33.8 Å². The first-order valence-electron chi connectivity index (χ1n) is 9.92. The smallest absolute Gasteiger partial charge is 0.475 e. The second kappa shape index (κ2) is 11.5. The molecule has 12 heteroatoms. The normalized spacial score (nSPS) is 16.9. The summed E-state index contributed by atoms with van der Waals surface area (Å²) in [5.41, 5.74) is 1.27. The monoisotopic (exact) mass is 471 g/mol. The van der Waals surface area contributed by atoms with Crippen LogP contribution in [-0.4, -0.2) is 77.4 Å². The molecule has 0 bridgehead atoms.